The molecule has 1 aromatic carbocycles. The zero-order chi connectivity index (χ0) is 17.3. The number of halogens is 1. The van der Waals surface area contributed by atoms with Crippen molar-refractivity contribution in [3.8, 4) is 5.69 Å². The van der Waals surface area contributed by atoms with Crippen molar-refractivity contribution in [1.82, 2.24) is 19.9 Å². The Balaban J connectivity index is 1.93. The van der Waals surface area contributed by atoms with Gasteiger partial charge in [0.2, 0.25) is 0 Å². The third kappa shape index (κ3) is 2.91. The van der Waals surface area contributed by atoms with Crippen LogP contribution in [0.15, 0.2) is 24.3 Å². The van der Waals surface area contributed by atoms with Crippen LogP contribution in [-0.2, 0) is 0 Å². The van der Waals surface area contributed by atoms with E-state index < -0.39 is 0 Å². The molecular weight excluding hydrogens is 326 g/mol. The van der Waals surface area contributed by atoms with Gasteiger partial charge in [0.25, 0.3) is 5.91 Å². The van der Waals surface area contributed by atoms with Gasteiger partial charge in [0.05, 0.1) is 16.4 Å². The van der Waals surface area contributed by atoms with Crippen LogP contribution in [0.3, 0.4) is 0 Å². The first-order valence-corrected chi connectivity index (χ1v) is 8.60. The van der Waals surface area contributed by atoms with Gasteiger partial charge in [-0.3, -0.25) is 4.79 Å². The van der Waals surface area contributed by atoms with Crippen LogP contribution >= 0.6 is 11.6 Å². The largest absolute Gasteiger partial charge is 0.333 e. The Kier molecular flexibility index (Phi) is 4.87. The Morgan fingerprint density at radius 2 is 2.17 bits per heavy atom. The lowest BCUT2D eigenvalue weighted by Crippen LogP contribution is -2.51. The van der Waals surface area contributed by atoms with E-state index in [1.54, 1.807) is 10.7 Å². The number of amides is 1. The second kappa shape index (κ2) is 6.91. The zero-order valence-electron chi connectivity index (χ0n) is 13.9. The fraction of sp³-hybridized carbons (Fsp3) is 0.471. The summed E-state index contributed by atoms with van der Waals surface area (Å²) in [4.78, 5) is 14.8. The number of rotatable bonds is 3. The molecule has 2 atom stereocenters. The van der Waals surface area contributed by atoms with E-state index in [9.17, 15) is 4.79 Å². The van der Waals surface area contributed by atoms with Crippen molar-refractivity contribution >= 4 is 17.5 Å². The molecule has 6 nitrogen and oxygen atoms in total. The van der Waals surface area contributed by atoms with Crippen LogP contribution in [0.4, 0.5) is 0 Å². The minimum absolute atomic E-state index is 0.0520. The van der Waals surface area contributed by atoms with Crippen molar-refractivity contribution < 1.29 is 4.79 Å². The Morgan fingerprint density at radius 3 is 2.88 bits per heavy atom. The first kappa shape index (κ1) is 16.9. The van der Waals surface area contributed by atoms with Gasteiger partial charge in [-0.2, -0.15) is 0 Å². The zero-order valence-corrected chi connectivity index (χ0v) is 14.7. The molecule has 0 radical (unpaired) electrons. The van der Waals surface area contributed by atoms with Crippen molar-refractivity contribution in [1.29, 1.82) is 0 Å². The van der Waals surface area contributed by atoms with E-state index in [2.05, 4.69) is 17.2 Å². The first-order valence-electron chi connectivity index (χ1n) is 8.22. The fourth-order valence-corrected chi connectivity index (χ4v) is 3.59. The Bertz CT molecular complexity index is 744. The van der Waals surface area contributed by atoms with E-state index in [0.29, 0.717) is 41.1 Å². The quantitative estimate of drug-likeness (QED) is 0.925. The lowest BCUT2D eigenvalue weighted by atomic mass is 9.90. The van der Waals surface area contributed by atoms with Crippen LogP contribution in [0, 0.1) is 12.8 Å². The maximum atomic E-state index is 13.0. The summed E-state index contributed by atoms with van der Waals surface area (Å²) in [6, 6.07) is 7.42. The van der Waals surface area contributed by atoms with Gasteiger partial charge in [0, 0.05) is 19.1 Å². The number of aromatic nitrogens is 3. The molecule has 2 aromatic rings. The van der Waals surface area contributed by atoms with Gasteiger partial charge in [0.1, 0.15) is 0 Å². The van der Waals surface area contributed by atoms with E-state index in [1.807, 2.05) is 30.0 Å². The summed E-state index contributed by atoms with van der Waals surface area (Å²) in [5.41, 5.74) is 7.66. The van der Waals surface area contributed by atoms with Gasteiger partial charge in [-0.25, -0.2) is 4.68 Å². The number of carbonyl (C=O) groups is 1. The predicted molar refractivity (Wildman–Crippen MR) is 93.4 cm³/mol. The lowest BCUT2D eigenvalue weighted by molar-refractivity contribution is 0.0525. The van der Waals surface area contributed by atoms with E-state index >= 15 is 0 Å². The Hall–Kier alpha value is -1.92. The molecule has 128 valence electrons. The molecule has 1 aromatic heterocycles. The molecule has 1 aliphatic rings. The fourth-order valence-electron chi connectivity index (χ4n) is 3.38. The standard InChI is InChI=1S/C17H22ClN5O/c1-11-6-5-9-22(15(11)10-19)17(24)16-12(2)23(21-20-16)14-8-4-3-7-13(14)18/h3-4,7-8,11,15H,5-6,9-10,19H2,1-2H3. The molecule has 0 aliphatic carbocycles. The molecule has 1 amide bonds. The monoisotopic (exact) mass is 347 g/mol. The van der Waals surface area contributed by atoms with Gasteiger partial charge < -0.3 is 10.6 Å². The van der Waals surface area contributed by atoms with Gasteiger partial charge >= 0.3 is 0 Å². The minimum atomic E-state index is -0.104. The molecule has 24 heavy (non-hydrogen) atoms. The lowest BCUT2D eigenvalue weighted by Gasteiger charge is -2.39. The van der Waals surface area contributed by atoms with Crippen LogP contribution in [0.1, 0.15) is 35.9 Å². The highest BCUT2D eigenvalue weighted by molar-refractivity contribution is 6.32. The number of para-hydroxylation sites is 1. The molecule has 2 heterocycles. The molecule has 1 saturated heterocycles. The Labute approximate surface area is 146 Å². The van der Waals surface area contributed by atoms with Crippen molar-refractivity contribution in [3.63, 3.8) is 0 Å². The van der Waals surface area contributed by atoms with Crippen LogP contribution < -0.4 is 5.73 Å². The van der Waals surface area contributed by atoms with Crippen LogP contribution in [0.25, 0.3) is 5.69 Å². The number of likely N-dealkylation sites (tertiary alicyclic amines) is 1. The minimum Gasteiger partial charge on any atom is -0.333 e. The van der Waals surface area contributed by atoms with Gasteiger partial charge in [-0.15, -0.1) is 5.10 Å². The molecular formula is C17H22ClN5O. The summed E-state index contributed by atoms with van der Waals surface area (Å²) in [7, 11) is 0. The first-order chi connectivity index (χ1) is 11.5. The molecule has 0 bridgehead atoms. The number of benzene rings is 1. The molecule has 2 unspecified atom stereocenters. The molecule has 7 heteroatoms. The second-order valence-electron chi connectivity index (χ2n) is 6.31. The number of nitrogens with two attached hydrogens (primary N) is 1. The highest BCUT2D eigenvalue weighted by atomic mass is 35.5. The SMILES string of the molecule is Cc1c(C(=O)N2CCCC(C)C2CN)nnn1-c1ccccc1Cl. The second-order valence-corrected chi connectivity index (χ2v) is 6.71. The average molecular weight is 348 g/mol. The van der Waals surface area contributed by atoms with E-state index in [1.165, 1.54) is 0 Å². The third-order valence-corrected chi connectivity index (χ3v) is 5.12. The topological polar surface area (TPSA) is 77.0 Å². The third-order valence-electron chi connectivity index (χ3n) is 4.80. The van der Waals surface area contributed by atoms with Crippen molar-refractivity contribution in [2.75, 3.05) is 13.1 Å². The number of carbonyl (C=O) groups excluding carboxylic acids is 1. The van der Waals surface area contributed by atoms with Gasteiger partial charge in [0.15, 0.2) is 5.69 Å². The highest BCUT2D eigenvalue weighted by Gasteiger charge is 2.33. The molecule has 3 rings (SSSR count). The van der Waals surface area contributed by atoms with Crippen LogP contribution in [-0.4, -0.2) is 44.9 Å². The maximum absolute atomic E-state index is 13.0. The van der Waals surface area contributed by atoms with E-state index in [0.717, 1.165) is 12.8 Å². The summed E-state index contributed by atoms with van der Waals surface area (Å²) in [5, 5.41) is 8.83. The van der Waals surface area contributed by atoms with Crippen molar-refractivity contribution in [2.45, 2.75) is 32.7 Å². The maximum Gasteiger partial charge on any atom is 0.276 e. The summed E-state index contributed by atoms with van der Waals surface area (Å²) >= 11 is 6.23. The summed E-state index contributed by atoms with van der Waals surface area (Å²) in [6.45, 7) is 5.15. The van der Waals surface area contributed by atoms with Gasteiger partial charge in [-0.05, 0) is 37.8 Å². The van der Waals surface area contributed by atoms with Crippen molar-refractivity contribution in [3.05, 3.63) is 40.7 Å². The normalized spacial score (nSPS) is 21.1. The molecule has 1 fully saturated rings. The van der Waals surface area contributed by atoms with Crippen molar-refractivity contribution in [2.24, 2.45) is 11.7 Å². The number of hydrogen-bond donors (Lipinski definition) is 1. The Morgan fingerprint density at radius 1 is 1.42 bits per heavy atom. The molecule has 1 aliphatic heterocycles. The average Bonchev–Trinajstić information content (AvgIpc) is 2.96. The summed E-state index contributed by atoms with van der Waals surface area (Å²) in [5.74, 6) is 0.291. The summed E-state index contributed by atoms with van der Waals surface area (Å²) < 4.78 is 1.61. The molecule has 2 N–H and O–H groups in total. The summed E-state index contributed by atoms with van der Waals surface area (Å²) in [6.07, 6.45) is 2.08. The number of hydrogen-bond acceptors (Lipinski definition) is 4. The van der Waals surface area contributed by atoms with E-state index in [4.69, 9.17) is 17.3 Å². The van der Waals surface area contributed by atoms with Gasteiger partial charge in [-0.1, -0.05) is 35.9 Å². The molecule has 0 spiro atoms. The highest BCUT2D eigenvalue weighted by Crippen LogP contribution is 2.26. The van der Waals surface area contributed by atoms with Crippen LogP contribution in [0.2, 0.25) is 5.02 Å². The van der Waals surface area contributed by atoms with E-state index in [-0.39, 0.29) is 11.9 Å². The number of nitrogens with zero attached hydrogens (tertiary/aromatic N) is 4. The predicted octanol–water partition coefficient (Wildman–Crippen LogP) is 2.43. The smallest absolute Gasteiger partial charge is 0.276 e. The number of piperidine rings is 1. The van der Waals surface area contributed by atoms with Crippen LogP contribution in [0.5, 0.6) is 0 Å². The molecule has 0 saturated carbocycles.